The van der Waals surface area contributed by atoms with E-state index in [4.69, 9.17) is 28.3 Å². The lowest BCUT2D eigenvalue weighted by molar-refractivity contribution is -0.115. The number of carbonyl (C=O) groups excluding carboxylic acids is 2. The van der Waals surface area contributed by atoms with Gasteiger partial charge in [-0.05, 0) is 60.2 Å². The highest BCUT2D eigenvalue weighted by Crippen LogP contribution is 2.25. The summed E-state index contributed by atoms with van der Waals surface area (Å²) in [5.74, 6) is -1.46. The van der Waals surface area contributed by atoms with Gasteiger partial charge < -0.3 is 15.7 Å². The minimum Gasteiger partial charge on any atom is -0.478 e. The summed E-state index contributed by atoms with van der Waals surface area (Å²) in [7, 11) is 0. The fourth-order valence-corrected chi connectivity index (χ4v) is 3.71. The molecule has 3 aromatic carbocycles. The number of carbonyl (C=O) groups is 3. The van der Waals surface area contributed by atoms with Crippen LogP contribution in [0.5, 0.6) is 0 Å². The van der Waals surface area contributed by atoms with Gasteiger partial charge in [-0.3, -0.25) is 9.59 Å². The highest BCUT2D eigenvalue weighted by molar-refractivity contribution is 8.00. The van der Waals surface area contributed by atoms with Crippen molar-refractivity contribution in [2.45, 2.75) is 11.3 Å². The van der Waals surface area contributed by atoms with Gasteiger partial charge in [0.2, 0.25) is 11.8 Å². The lowest BCUT2D eigenvalue weighted by Crippen LogP contribution is -2.15. The number of hydrogen-bond acceptors (Lipinski definition) is 4. The Labute approximate surface area is 198 Å². The van der Waals surface area contributed by atoms with Crippen LogP contribution in [-0.2, 0) is 16.0 Å². The van der Waals surface area contributed by atoms with Crippen LogP contribution in [0.25, 0.3) is 0 Å². The zero-order chi connectivity index (χ0) is 23.1. The molecule has 0 saturated carbocycles. The standard InChI is InChI=1S/C23H18Cl2N2O4S/c24-16-4-1-14(2-5-16)11-21(28)26-17-6-8-18(9-7-17)32-13-22(29)27-20-12-15(23(30)31)3-10-19(20)25/h1-10,12H,11,13H2,(H,26,28)(H,27,29)(H,30,31). The van der Waals surface area contributed by atoms with E-state index < -0.39 is 5.97 Å². The van der Waals surface area contributed by atoms with Crippen LogP contribution in [-0.4, -0.2) is 28.6 Å². The molecule has 3 N–H and O–H groups in total. The van der Waals surface area contributed by atoms with Gasteiger partial charge in [0, 0.05) is 15.6 Å². The molecule has 0 aliphatic carbocycles. The second-order valence-corrected chi connectivity index (χ2v) is 8.60. The topological polar surface area (TPSA) is 95.5 Å². The molecule has 3 aromatic rings. The first-order valence-corrected chi connectivity index (χ1v) is 11.1. The molecule has 0 atom stereocenters. The normalized spacial score (nSPS) is 10.4. The highest BCUT2D eigenvalue weighted by atomic mass is 35.5. The number of aromatic carboxylic acids is 1. The van der Waals surface area contributed by atoms with Gasteiger partial charge >= 0.3 is 5.97 Å². The molecule has 0 aliphatic rings. The fraction of sp³-hybridized carbons (Fsp3) is 0.0870. The average molecular weight is 489 g/mol. The van der Waals surface area contributed by atoms with Crippen molar-refractivity contribution in [1.82, 2.24) is 0 Å². The lowest BCUT2D eigenvalue weighted by atomic mass is 10.1. The Bertz CT molecular complexity index is 1140. The van der Waals surface area contributed by atoms with E-state index in [1.165, 1.54) is 30.0 Å². The van der Waals surface area contributed by atoms with E-state index >= 15 is 0 Å². The predicted molar refractivity (Wildman–Crippen MR) is 128 cm³/mol. The minimum atomic E-state index is -1.10. The van der Waals surface area contributed by atoms with Gasteiger partial charge in [-0.1, -0.05) is 35.3 Å². The first-order valence-electron chi connectivity index (χ1n) is 9.40. The zero-order valence-corrected chi connectivity index (χ0v) is 18.9. The maximum Gasteiger partial charge on any atom is 0.335 e. The number of thioether (sulfide) groups is 1. The molecule has 0 heterocycles. The Morgan fingerprint density at radius 1 is 0.844 bits per heavy atom. The Morgan fingerprint density at radius 2 is 1.53 bits per heavy atom. The molecular formula is C23H18Cl2N2O4S. The van der Waals surface area contributed by atoms with E-state index in [1.807, 2.05) is 0 Å². The van der Waals surface area contributed by atoms with E-state index in [0.29, 0.717) is 10.7 Å². The molecule has 32 heavy (non-hydrogen) atoms. The first-order chi connectivity index (χ1) is 15.3. The average Bonchev–Trinajstić information content (AvgIpc) is 2.76. The molecule has 0 aliphatic heterocycles. The van der Waals surface area contributed by atoms with Gasteiger partial charge in [0.1, 0.15) is 0 Å². The van der Waals surface area contributed by atoms with E-state index in [2.05, 4.69) is 10.6 Å². The smallest absolute Gasteiger partial charge is 0.335 e. The Hall–Kier alpha value is -3.00. The number of halogens is 2. The number of amides is 2. The maximum atomic E-state index is 12.2. The molecule has 0 aromatic heterocycles. The fourth-order valence-electron chi connectivity index (χ4n) is 2.72. The molecule has 164 valence electrons. The van der Waals surface area contributed by atoms with Crippen LogP contribution in [0.15, 0.2) is 71.6 Å². The monoisotopic (exact) mass is 488 g/mol. The second kappa shape index (κ2) is 11.0. The van der Waals surface area contributed by atoms with Gasteiger partial charge in [0.05, 0.1) is 28.4 Å². The summed E-state index contributed by atoms with van der Waals surface area (Å²) in [6, 6.07) is 18.3. The van der Waals surface area contributed by atoms with Crippen molar-refractivity contribution in [3.05, 3.63) is 87.9 Å². The molecule has 0 radical (unpaired) electrons. The molecule has 0 unspecified atom stereocenters. The van der Waals surface area contributed by atoms with E-state index in [-0.39, 0.29) is 40.3 Å². The first kappa shape index (κ1) is 23.7. The van der Waals surface area contributed by atoms with Gasteiger partial charge in [0.15, 0.2) is 0 Å². The summed E-state index contributed by atoms with van der Waals surface area (Å²) in [5.41, 5.74) is 1.79. The van der Waals surface area contributed by atoms with Crippen LogP contribution in [0.2, 0.25) is 10.0 Å². The van der Waals surface area contributed by atoms with Crippen molar-refractivity contribution in [2.75, 3.05) is 16.4 Å². The van der Waals surface area contributed by atoms with Crippen LogP contribution in [0.4, 0.5) is 11.4 Å². The molecule has 2 amide bonds. The SMILES string of the molecule is O=C(Cc1ccc(Cl)cc1)Nc1ccc(SCC(=O)Nc2cc(C(=O)O)ccc2Cl)cc1. The number of nitrogens with one attached hydrogen (secondary N) is 2. The highest BCUT2D eigenvalue weighted by Gasteiger charge is 2.11. The zero-order valence-electron chi connectivity index (χ0n) is 16.6. The summed E-state index contributed by atoms with van der Waals surface area (Å²) in [5, 5.41) is 15.4. The summed E-state index contributed by atoms with van der Waals surface area (Å²) in [6.45, 7) is 0. The van der Waals surface area contributed by atoms with Gasteiger partial charge in [-0.2, -0.15) is 0 Å². The third kappa shape index (κ3) is 7.02. The molecule has 3 rings (SSSR count). The number of carboxylic acid groups (broad SMARTS) is 1. The summed E-state index contributed by atoms with van der Waals surface area (Å²) in [4.78, 5) is 36.3. The van der Waals surface area contributed by atoms with Crippen molar-refractivity contribution < 1.29 is 19.5 Å². The Balaban J connectivity index is 1.49. The molecule has 0 spiro atoms. The van der Waals surface area contributed by atoms with E-state index in [0.717, 1.165) is 10.5 Å². The number of hydrogen-bond donors (Lipinski definition) is 3. The van der Waals surface area contributed by atoms with Crippen LogP contribution in [0, 0.1) is 0 Å². The van der Waals surface area contributed by atoms with Crippen molar-refractivity contribution in [3.63, 3.8) is 0 Å². The molecule has 0 bridgehead atoms. The summed E-state index contributed by atoms with van der Waals surface area (Å²) in [6.07, 6.45) is 0.236. The largest absolute Gasteiger partial charge is 0.478 e. The molecule has 9 heteroatoms. The van der Waals surface area contributed by atoms with Gasteiger partial charge in [-0.15, -0.1) is 11.8 Å². The van der Waals surface area contributed by atoms with E-state index in [9.17, 15) is 14.4 Å². The second-order valence-electron chi connectivity index (χ2n) is 6.71. The van der Waals surface area contributed by atoms with Crippen molar-refractivity contribution in [3.8, 4) is 0 Å². The third-order valence-corrected chi connectivity index (χ3v) is 5.87. The molecule has 0 saturated heterocycles. The van der Waals surface area contributed by atoms with Crippen LogP contribution >= 0.6 is 35.0 Å². The molecule has 0 fully saturated rings. The Kier molecular flexibility index (Phi) is 8.16. The number of benzene rings is 3. The van der Waals surface area contributed by atoms with Crippen molar-refractivity contribution in [1.29, 1.82) is 0 Å². The molecule has 6 nitrogen and oxygen atoms in total. The Morgan fingerprint density at radius 3 is 2.19 bits per heavy atom. The van der Waals surface area contributed by atoms with Gasteiger partial charge in [0.25, 0.3) is 0 Å². The van der Waals surface area contributed by atoms with Crippen molar-refractivity contribution in [2.24, 2.45) is 0 Å². The third-order valence-electron chi connectivity index (χ3n) is 4.27. The summed E-state index contributed by atoms with van der Waals surface area (Å²) >= 11 is 13.2. The minimum absolute atomic E-state index is 0.0334. The quantitative estimate of drug-likeness (QED) is 0.358. The van der Waals surface area contributed by atoms with E-state index in [1.54, 1.807) is 48.5 Å². The summed E-state index contributed by atoms with van der Waals surface area (Å²) < 4.78 is 0. The number of rotatable bonds is 8. The van der Waals surface area contributed by atoms with Gasteiger partial charge in [-0.25, -0.2) is 4.79 Å². The van der Waals surface area contributed by atoms with Crippen LogP contribution in [0.1, 0.15) is 15.9 Å². The van der Waals surface area contributed by atoms with Crippen LogP contribution in [0.3, 0.4) is 0 Å². The van der Waals surface area contributed by atoms with Crippen molar-refractivity contribution >= 4 is 64.1 Å². The van der Waals surface area contributed by atoms with Crippen LogP contribution < -0.4 is 10.6 Å². The number of carboxylic acids is 1. The lowest BCUT2D eigenvalue weighted by Gasteiger charge is -2.09. The molecular weight excluding hydrogens is 471 g/mol. The maximum absolute atomic E-state index is 12.2. The number of anilines is 2. The predicted octanol–water partition coefficient (Wildman–Crippen LogP) is 5.60.